The fraction of sp³-hybridized carbons (Fsp3) is 0.182. The van der Waals surface area contributed by atoms with Crippen LogP contribution < -0.4 is 4.83 Å². The maximum atomic E-state index is 13.7. The fourth-order valence-corrected chi connectivity index (χ4v) is 2.44. The van der Waals surface area contributed by atoms with Gasteiger partial charge < -0.3 is 5.11 Å². The lowest BCUT2D eigenvalue weighted by Crippen LogP contribution is -2.36. The van der Waals surface area contributed by atoms with Gasteiger partial charge in [-0.05, 0) is 23.8 Å². The lowest BCUT2D eigenvalue weighted by Gasteiger charge is -2.13. The molecule has 0 unspecified atom stereocenters. The zero-order valence-corrected chi connectivity index (χ0v) is 11.1. The fourth-order valence-electron chi connectivity index (χ4n) is 1.30. The summed E-state index contributed by atoms with van der Waals surface area (Å²) in [6.07, 6.45) is 2.00. The molecule has 0 aliphatic rings. The minimum atomic E-state index is -3.98. The summed E-state index contributed by atoms with van der Waals surface area (Å²) in [4.78, 5) is 11.9. The standard InChI is InChI=1S/C11H13FN2O4S/c1-14(2)13-19(17,18)10-5-3-8(7-9(10)12)4-6-11(15)16/h3-7,13H,1-2H3,(H,15,16)/b6-4+. The first-order valence-corrected chi connectivity index (χ1v) is 6.61. The van der Waals surface area contributed by atoms with Crippen molar-refractivity contribution in [1.82, 2.24) is 9.84 Å². The average molecular weight is 288 g/mol. The average Bonchev–Trinajstić information content (AvgIpc) is 2.24. The van der Waals surface area contributed by atoms with Crippen LogP contribution in [0.5, 0.6) is 0 Å². The molecule has 1 aromatic rings. The number of carbonyl (C=O) groups is 1. The van der Waals surface area contributed by atoms with E-state index >= 15 is 0 Å². The molecule has 0 bridgehead atoms. The van der Waals surface area contributed by atoms with E-state index in [0.717, 1.165) is 18.2 Å². The molecule has 0 aliphatic carbocycles. The molecule has 0 amide bonds. The van der Waals surface area contributed by atoms with Crippen LogP contribution in [-0.2, 0) is 14.8 Å². The van der Waals surface area contributed by atoms with Crippen molar-refractivity contribution in [1.29, 1.82) is 0 Å². The Morgan fingerprint density at radius 1 is 1.42 bits per heavy atom. The summed E-state index contributed by atoms with van der Waals surface area (Å²) in [5.74, 6) is -2.13. The van der Waals surface area contributed by atoms with Crippen LogP contribution >= 0.6 is 0 Å². The Labute approximate surface area is 110 Å². The number of rotatable bonds is 5. The zero-order chi connectivity index (χ0) is 14.6. The molecule has 1 rings (SSSR count). The molecule has 1 aromatic carbocycles. The molecular weight excluding hydrogens is 275 g/mol. The first-order chi connectivity index (χ1) is 8.72. The maximum Gasteiger partial charge on any atom is 0.328 e. The Morgan fingerprint density at radius 3 is 2.53 bits per heavy atom. The van der Waals surface area contributed by atoms with Crippen molar-refractivity contribution in [2.24, 2.45) is 0 Å². The Morgan fingerprint density at radius 2 is 2.05 bits per heavy atom. The molecule has 0 spiro atoms. The number of aliphatic carboxylic acids is 1. The van der Waals surface area contributed by atoms with Crippen molar-refractivity contribution in [3.63, 3.8) is 0 Å². The molecule has 0 saturated carbocycles. The van der Waals surface area contributed by atoms with Gasteiger partial charge in [0.15, 0.2) is 0 Å². The van der Waals surface area contributed by atoms with Crippen molar-refractivity contribution in [2.45, 2.75) is 4.90 Å². The van der Waals surface area contributed by atoms with Crippen LogP contribution in [-0.4, -0.2) is 38.6 Å². The lowest BCUT2D eigenvalue weighted by atomic mass is 10.2. The van der Waals surface area contributed by atoms with Gasteiger partial charge in [0, 0.05) is 20.2 Å². The van der Waals surface area contributed by atoms with Gasteiger partial charge in [0.1, 0.15) is 10.7 Å². The highest BCUT2D eigenvalue weighted by Gasteiger charge is 2.19. The summed E-state index contributed by atoms with van der Waals surface area (Å²) in [6.45, 7) is 0. The second-order valence-corrected chi connectivity index (χ2v) is 5.48. The second-order valence-electron chi connectivity index (χ2n) is 3.85. The Bertz CT molecular complexity index is 611. The van der Waals surface area contributed by atoms with Gasteiger partial charge in [0.05, 0.1) is 0 Å². The van der Waals surface area contributed by atoms with Gasteiger partial charge in [-0.3, -0.25) is 0 Å². The third-order valence-electron chi connectivity index (χ3n) is 1.97. The topological polar surface area (TPSA) is 86.7 Å². The predicted octanol–water partition coefficient (Wildman–Crippen LogP) is 0.678. The van der Waals surface area contributed by atoms with Gasteiger partial charge in [-0.25, -0.2) is 22.6 Å². The molecule has 2 N–H and O–H groups in total. The number of halogens is 1. The Balaban J connectivity index is 3.11. The Hall–Kier alpha value is -1.77. The van der Waals surface area contributed by atoms with Crippen LogP contribution in [0.15, 0.2) is 29.2 Å². The molecule has 0 aliphatic heterocycles. The smallest absolute Gasteiger partial charge is 0.328 e. The van der Waals surface area contributed by atoms with Gasteiger partial charge in [-0.2, -0.15) is 0 Å². The summed E-state index contributed by atoms with van der Waals surface area (Å²) < 4.78 is 37.2. The van der Waals surface area contributed by atoms with Gasteiger partial charge in [0.2, 0.25) is 0 Å². The molecule has 8 heteroatoms. The van der Waals surface area contributed by atoms with Crippen molar-refractivity contribution in [2.75, 3.05) is 14.1 Å². The monoisotopic (exact) mass is 288 g/mol. The number of hydrogen-bond acceptors (Lipinski definition) is 4. The van der Waals surface area contributed by atoms with Crippen LogP contribution in [0.3, 0.4) is 0 Å². The van der Waals surface area contributed by atoms with E-state index in [-0.39, 0.29) is 5.56 Å². The van der Waals surface area contributed by atoms with Crippen LogP contribution in [0, 0.1) is 5.82 Å². The summed E-state index contributed by atoms with van der Waals surface area (Å²) >= 11 is 0. The lowest BCUT2D eigenvalue weighted by molar-refractivity contribution is -0.131. The van der Waals surface area contributed by atoms with Gasteiger partial charge in [0.25, 0.3) is 10.0 Å². The summed E-state index contributed by atoms with van der Waals surface area (Å²) in [6, 6.07) is 3.33. The highest BCUT2D eigenvalue weighted by atomic mass is 32.2. The number of benzene rings is 1. The van der Waals surface area contributed by atoms with Crippen molar-refractivity contribution in [3.8, 4) is 0 Å². The molecule has 19 heavy (non-hydrogen) atoms. The van der Waals surface area contributed by atoms with Gasteiger partial charge in [-0.15, -0.1) is 4.83 Å². The molecule has 0 saturated heterocycles. The van der Waals surface area contributed by atoms with Crippen molar-refractivity contribution in [3.05, 3.63) is 35.7 Å². The van der Waals surface area contributed by atoms with Crippen LogP contribution in [0.1, 0.15) is 5.56 Å². The van der Waals surface area contributed by atoms with E-state index in [1.54, 1.807) is 0 Å². The van der Waals surface area contributed by atoms with E-state index in [9.17, 15) is 17.6 Å². The van der Waals surface area contributed by atoms with Crippen LogP contribution in [0.2, 0.25) is 0 Å². The molecular formula is C11H13FN2O4S. The highest BCUT2D eigenvalue weighted by Crippen LogP contribution is 2.16. The van der Waals surface area contributed by atoms with E-state index < -0.39 is 26.7 Å². The number of carboxylic acids is 1. The van der Waals surface area contributed by atoms with Crippen LogP contribution in [0.25, 0.3) is 6.08 Å². The second kappa shape index (κ2) is 5.91. The number of carboxylic acid groups (broad SMARTS) is 1. The van der Waals surface area contributed by atoms with Crippen molar-refractivity contribution >= 4 is 22.1 Å². The predicted molar refractivity (Wildman–Crippen MR) is 67.1 cm³/mol. The first kappa shape index (κ1) is 15.3. The number of sulfonamides is 1. The number of nitrogens with zero attached hydrogens (tertiary/aromatic N) is 1. The summed E-state index contributed by atoms with van der Waals surface area (Å²) in [5.41, 5.74) is 0.253. The quantitative estimate of drug-likeness (QED) is 0.614. The molecule has 0 heterocycles. The van der Waals surface area contributed by atoms with Gasteiger partial charge in [-0.1, -0.05) is 6.07 Å². The molecule has 6 nitrogen and oxygen atoms in total. The largest absolute Gasteiger partial charge is 0.478 e. The normalized spacial score (nSPS) is 12.2. The van der Waals surface area contributed by atoms with E-state index in [2.05, 4.69) is 4.83 Å². The molecule has 0 fully saturated rings. The van der Waals surface area contributed by atoms with E-state index in [0.29, 0.717) is 0 Å². The van der Waals surface area contributed by atoms with E-state index in [1.165, 1.54) is 31.2 Å². The van der Waals surface area contributed by atoms with Crippen molar-refractivity contribution < 1.29 is 22.7 Å². The molecule has 104 valence electrons. The molecule has 0 atom stereocenters. The highest BCUT2D eigenvalue weighted by molar-refractivity contribution is 7.89. The number of hydrazine groups is 1. The van der Waals surface area contributed by atoms with E-state index in [1.807, 2.05) is 0 Å². The Kier molecular flexibility index (Phi) is 4.76. The van der Waals surface area contributed by atoms with E-state index in [4.69, 9.17) is 5.11 Å². The third-order valence-corrected chi connectivity index (χ3v) is 3.48. The zero-order valence-electron chi connectivity index (χ0n) is 10.3. The third kappa shape index (κ3) is 4.43. The molecule has 0 radical (unpaired) electrons. The number of hydrogen-bond donors (Lipinski definition) is 2. The molecule has 0 aromatic heterocycles. The van der Waals surface area contributed by atoms with Gasteiger partial charge >= 0.3 is 5.97 Å². The summed E-state index contributed by atoms with van der Waals surface area (Å²) in [5, 5.41) is 9.61. The minimum Gasteiger partial charge on any atom is -0.478 e. The summed E-state index contributed by atoms with van der Waals surface area (Å²) in [7, 11) is -1.06. The minimum absolute atomic E-state index is 0.253. The van der Waals surface area contributed by atoms with Crippen LogP contribution in [0.4, 0.5) is 4.39 Å². The number of nitrogens with one attached hydrogen (secondary N) is 1. The first-order valence-electron chi connectivity index (χ1n) is 5.13. The SMILES string of the molecule is CN(C)NS(=O)(=O)c1ccc(/C=C/C(=O)O)cc1F. The maximum absolute atomic E-state index is 13.7.